The van der Waals surface area contributed by atoms with Crippen LogP contribution >= 0.6 is 0 Å². The van der Waals surface area contributed by atoms with Gasteiger partial charge >= 0.3 is 0 Å². The van der Waals surface area contributed by atoms with Crippen molar-refractivity contribution in [2.45, 2.75) is 83.7 Å². The maximum absolute atomic E-state index is 3.94. The second kappa shape index (κ2) is 6.96. The summed E-state index contributed by atoms with van der Waals surface area (Å²) in [4.78, 5) is 0. The summed E-state index contributed by atoms with van der Waals surface area (Å²) in [5, 5.41) is 3.94. The first-order valence-electron chi connectivity index (χ1n) is 9.15. The molecular formula is C20H31N. The minimum atomic E-state index is 0.489. The fourth-order valence-electron chi connectivity index (χ4n) is 4.40. The van der Waals surface area contributed by atoms with Crippen molar-refractivity contribution in [1.29, 1.82) is 0 Å². The third-order valence-corrected chi connectivity index (χ3v) is 5.75. The van der Waals surface area contributed by atoms with Crippen LogP contribution in [0, 0.1) is 5.92 Å². The average Bonchev–Trinajstić information content (AvgIpc) is 3.00. The number of hydrogen-bond donors (Lipinski definition) is 1. The van der Waals surface area contributed by atoms with Crippen molar-refractivity contribution in [3.8, 4) is 0 Å². The lowest BCUT2D eigenvalue weighted by atomic mass is 9.82. The molecule has 1 aromatic carbocycles. The summed E-state index contributed by atoms with van der Waals surface area (Å²) in [6, 6.07) is 8.39. The van der Waals surface area contributed by atoms with E-state index in [9.17, 15) is 0 Å². The lowest BCUT2D eigenvalue weighted by Gasteiger charge is -2.33. The van der Waals surface area contributed by atoms with Gasteiger partial charge < -0.3 is 5.32 Å². The van der Waals surface area contributed by atoms with E-state index in [4.69, 9.17) is 0 Å². The smallest absolute Gasteiger partial charge is 0.0294 e. The van der Waals surface area contributed by atoms with Crippen LogP contribution < -0.4 is 5.32 Å². The zero-order valence-corrected chi connectivity index (χ0v) is 13.8. The molecular weight excluding hydrogens is 254 g/mol. The van der Waals surface area contributed by atoms with E-state index in [0.717, 1.165) is 5.92 Å². The van der Waals surface area contributed by atoms with Gasteiger partial charge in [-0.1, -0.05) is 44.4 Å². The summed E-state index contributed by atoms with van der Waals surface area (Å²) in [7, 11) is 0. The average molecular weight is 285 g/mol. The van der Waals surface area contributed by atoms with Crippen LogP contribution in [-0.4, -0.2) is 6.04 Å². The molecule has 1 N–H and O–H groups in total. The van der Waals surface area contributed by atoms with Crippen LogP contribution in [0.3, 0.4) is 0 Å². The standard InChI is InChI=1S/C20H31N/c1-3-20(17-8-5-4-6-9-17)21-15(2)18-13-12-16-10-7-11-19(16)14-18/h12-15,17,20-21H,3-11H2,1-2H3. The lowest BCUT2D eigenvalue weighted by Crippen LogP contribution is -2.38. The van der Waals surface area contributed by atoms with Gasteiger partial charge in [-0.3, -0.25) is 0 Å². The molecule has 1 saturated carbocycles. The van der Waals surface area contributed by atoms with E-state index in [1.165, 1.54) is 63.4 Å². The molecule has 2 aliphatic rings. The molecule has 2 aliphatic carbocycles. The molecule has 1 heteroatoms. The van der Waals surface area contributed by atoms with Crippen LogP contribution in [0.5, 0.6) is 0 Å². The zero-order chi connectivity index (χ0) is 14.7. The molecule has 3 rings (SSSR count). The Morgan fingerprint density at radius 1 is 1.05 bits per heavy atom. The molecule has 2 atom stereocenters. The van der Waals surface area contributed by atoms with Crippen LogP contribution in [0.4, 0.5) is 0 Å². The quantitative estimate of drug-likeness (QED) is 0.785. The SMILES string of the molecule is CCC(NC(C)c1ccc2c(c1)CCC2)C1CCCCC1. The molecule has 0 saturated heterocycles. The summed E-state index contributed by atoms with van der Waals surface area (Å²) < 4.78 is 0. The number of benzene rings is 1. The third kappa shape index (κ3) is 3.51. The van der Waals surface area contributed by atoms with Crippen LogP contribution in [0.1, 0.15) is 81.5 Å². The van der Waals surface area contributed by atoms with Crippen LogP contribution in [0.2, 0.25) is 0 Å². The van der Waals surface area contributed by atoms with E-state index < -0.39 is 0 Å². The maximum Gasteiger partial charge on any atom is 0.0294 e. The maximum atomic E-state index is 3.94. The van der Waals surface area contributed by atoms with Crippen molar-refractivity contribution in [2.24, 2.45) is 5.92 Å². The predicted molar refractivity (Wildman–Crippen MR) is 90.7 cm³/mol. The van der Waals surface area contributed by atoms with E-state index in [1.807, 2.05) is 0 Å². The van der Waals surface area contributed by atoms with Gasteiger partial charge in [0.2, 0.25) is 0 Å². The summed E-state index contributed by atoms with van der Waals surface area (Å²) in [5.74, 6) is 0.903. The number of rotatable bonds is 5. The molecule has 0 aromatic heterocycles. The fourth-order valence-corrected chi connectivity index (χ4v) is 4.40. The van der Waals surface area contributed by atoms with Crippen LogP contribution in [-0.2, 0) is 12.8 Å². The number of nitrogens with one attached hydrogen (secondary N) is 1. The second-order valence-electron chi connectivity index (χ2n) is 7.18. The van der Waals surface area contributed by atoms with Gasteiger partial charge in [0, 0.05) is 12.1 Å². The molecule has 21 heavy (non-hydrogen) atoms. The van der Waals surface area contributed by atoms with Gasteiger partial charge in [-0.25, -0.2) is 0 Å². The first-order valence-corrected chi connectivity index (χ1v) is 9.15. The van der Waals surface area contributed by atoms with Gasteiger partial charge in [-0.15, -0.1) is 0 Å². The zero-order valence-electron chi connectivity index (χ0n) is 13.8. The molecule has 0 aliphatic heterocycles. The molecule has 1 nitrogen and oxygen atoms in total. The van der Waals surface area contributed by atoms with Crippen molar-refractivity contribution in [2.75, 3.05) is 0 Å². The predicted octanol–water partition coefficient (Wildman–Crippen LogP) is 5.18. The number of aryl methyl sites for hydroxylation is 2. The molecule has 0 radical (unpaired) electrons. The van der Waals surface area contributed by atoms with Gasteiger partial charge in [-0.05, 0) is 68.1 Å². The van der Waals surface area contributed by atoms with Gasteiger partial charge in [0.15, 0.2) is 0 Å². The highest BCUT2D eigenvalue weighted by Crippen LogP contribution is 2.30. The van der Waals surface area contributed by atoms with Crippen molar-refractivity contribution < 1.29 is 0 Å². The number of hydrogen-bond acceptors (Lipinski definition) is 1. The highest BCUT2D eigenvalue weighted by molar-refractivity contribution is 5.36. The van der Waals surface area contributed by atoms with E-state index >= 15 is 0 Å². The lowest BCUT2D eigenvalue weighted by molar-refractivity contribution is 0.249. The van der Waals surface area contributed by atoms with Gasteiger partial charge in [0.25, 0.3) is 0 Å². The normalized spacial score (nSPS) is 22.0. The Kier molecular flexibility index (Phi) is 5.00. The molecule has 0 amide bonds. The molecule has 116 valence electrons. The van der Waals surface area contributed by atoms with E-state index in [2.05, 4.69) is 37.4 Å². The Balaban J connectivity index is 1.65. The molecule has 0 heterocycles. The Morgan fingerprint density at radius 2 is 1.81 bits per heavy atom. The molecule has 0 spiro atoms. The minimum Gasteiger partial charge on any atom is -0.307 e. The first kappa shape index (κ1) is 15.1. The summed E-state index contributed by atoms with van der Waals surface area (Å²) in [6.45, 7) is 4.70. The molecule has 1 fully saturated rings. The molecule has 2 unspecified atom stereocenters. The highest BCUT2D eigenvalue weighted by Gasteiger charge is 2.24. The van der Waals surface area contributed by atoms with E-state index in [0.29, 0.717) is 12.1 Å². The Hall–Kier alpha value is -0.820. The van der Waals surface area contributed by atoms with E-state index in [1.54, 1.807) is 11.1 Å². The fraction of sp³-hybridized carbons (Fsp3) is 0.700. The monoisotopic (exact) mass is 285 g/mol. The van der Waals surface area contributed by atoms with Crippen molar-refractivity contribution in [1.82, 2.24) is 5.32 Å². The van der Waals surface area contributed by atoms with Crippen molar-refractivity contribution in [3.63, 3.8) is 0 Å². The van der Waals surface area contributed by atoms with Crippen molar-refractivity contribution >= 4 is 0 Å². The van der Waals surface area contributed by atoms with Gasteiger partial charge in [0.1, 0.15) is 0 Å². The van der Waals surface area contributed by atoms with Crippen LogP contribution in [0.25, 0.3) is 0 Å². The molecule has 1 aromatic rings. The summed E-state index contributed by atoms with van der Waals surface area (Å²) >= 11 is 0. The van der Waals surface area contributed by atoms with Gasteiger partial charge in [-0.2, -0.15) is 0 Å². The Morgan fingerprint density at radius 3 is 2.57 bits per heavy atom. The summed E-state index contributed by atoms with van der Waals surface area (Å²) in [5.41, 5.74) is 4.68. The summed E-state index contributed by atoms with van der Waals surface area (Å²) in [6.07, 6.45) is 12.4. The van der Waals surface area contributed by atoms with E-state index in [-0.39, 0.29) is 0 Å². The topological polar surface area (TPSA) is 12.0 Å². The second-order valence-corrected chi connectivity index (χ2v) is 7.18. The molecule has 0 bridgehead atoms. The van der Waals surface area contributed by atoms with Crippen LogP contribution in [0.15, 0.2) is 18.2 Å². The third-order valence-electron chi connectivity index (χ3n) is 5.75. The van der Waals surface area contributed by atoms with Crippen molar-refractivity contribution in [3.05, 3.63) is 34.9 Å². The Bertz CT molecular complexity index is 459. The highest BCUT2D eigenvalue weighted by atomic mass is 14.9. The largest absolute Gasteiger partial charge is 0.307 e. The Labute approximate surface area is 130 Å². The minimum absolute atomic E-state index is 0.489. The van der Waals surface area contributed by atoms with Gasteiger partial charge in [0.05, 0.1) is 0 Å². The number of fused-ring (bicyclic) bond motifs is 1. The first-order chi connectivity index (χ1) is 10.3.